The number of amidine groups is 1. The van der Waals surface area contributed by atoms with Crippen LogP contribution >= 0.6 is 12.0 Å². The SMILES string of the molecule is Cc1ccc(C2=Nc3cc4c(cc3[N+]23CCC3S(=O)(=O)[O-])nc(C)n4CCCS(=O)(=O)[O-])c(SOO[O-])c1.[Li+].[Li+].[Li+]. The van der Waals surface area contributed by atoms with Gasteiger partial charge in [-0.15, -0.1) is 0 Å². The molecule has 2 aliphatic rings. The van der Waals surface area contributed by atoms with Crippen LogP contribution in [0, 0.1) is 13.8 Å². The van der Waals surface area contributed by atoms with Crippen LogP contribution in [-0.2, 0) is 36.2 Å². The summed E-state index contributed by atoms with van der Waals surface area (Å²) in [4.78, 5) is 9.79. The van der Waals surface area contributed by atoms with Gasteiger partial charge in [0, 0.05) is 18.4 Å². The summed E-state index contributed by atoms with van der Waals surface area (Å²) in [7, 11) is -9.12. The van der Waals surface area contributed by atoms with Gasteiger partial charge in [0.1, 0.15) is 11.5 Å². The van der Waals surface area contributed by atoms with Gasteiger partial charge >= 0.3 is 56.6 Å². The predicted molar refractivity (Wildman–Crippen MR) is 134 cm³/mol. The fourth-order valence-electron chi connectivity index (χ4n) is 5.26. The molecular weight excluding hydrogens is 581 g/mol. The Morgan fingerprint density at radius 1 is 1.10 bits per heavy atom. The zero-order valence-corrected chi connectivity index (χ0v) is 25.6. The minimum absolute atomic E-state index is 0. The first-order chi connectivity index (χ1) is 17.8. The minimum Gasteiger partial charge on any atom is -0.748 e. The van der Waals surface area contributed by atoms with Crippen LogP contribution in [0.1, 0.15) is 29.8 Å². The predicted octanol–water partition coefficient (Wildman–Crippen LogP) is -7.49. The molecule has 0 saturated carbocycles. The third-order valence-corrected chi connectivity index (χ3v) is 9.62. The van der Waals surface area contributed by atoms with Gasteiger partial charge < -0.3 is 18.9 Å². The summed E-state index contributed by atoms with van der Waals surface area (Å²) in [5.41, 5.74) is 3.36. The summed E-state index contributed by atoms with van der Waals surface area (Å²) in [5, 5.41) is 12.7. The van der Waals surface area contributed by atoms with Crippen molar-refractivity contribution in [3.05, 3.63) is 47.3 Å². The van der Waals surface area contributed by atoms with Crippen molar-refractivity contribution in [2.45, 2.75) is 43.5 Å². The van der Waals surface area contributed by atoms with E-state index in [1.807, 2.05) is 6.92 Å². The maximum absolute atomic E-state index is 12.4. The van der Waals surface area contributed by atoms with E-state index < -0.39 is 31.4 Å². The molecule has 204 valence electrons. The van der Waals surface area contributed by atoms with E-state index in [-0.39, 0.29) is 80.5 Å². The molecule has 1 saturated heterocycles. The van der Waals surface area contributed by atoms with Crippen LogP contribution in [0.15, 0.2) is 40.2 Å². The molecule has 0 N–H and O–H groups in total. The van der Waals surface area contributed by atoms with Crippen LogP contribution in [-0.4, -0.2) is 59.0 Å². The summed E-state index contributed by atoms with van der Waals surface area (Å²) in [5.74, 6) is 0.359. The molecule has 0 amide bonds. The van der Waals surface area contributed by atoms with Gasteiger partial charge in [0.05, 0.1) is 56.6 Å². The second-order valence-corrected chi connectivity index (χ2v) is 13.0. The van der Waals surface area contributed by atoms with Gasteiger partial charge in [-0.25, -0.2) is 26.3 Å². The molecule has 1 spiro atoms. The summed E-state index contributed by atoms with van der Waals surface area (Å²) in [6.07, 6.45) is 0.222. The molecular formula is C22H22Li3N4O9S3+. The third kappa shape index (κ3) is 6.89. The molecule has 0 radical (unpaired) electrons. The van der Waals surface area contributed by atoms with Gasteiger partial charge in [0.2, 0.25) is 5.84 Å². The number of quaternary nitrogens is 1. The van der Waals surface area contributed by atoms with Crippen molar-refractivity contribution >= 4 is 60.5 Å². The van der Waals surface area contributed by atoms with E-state index in [9.17, 15) is 31.2 Å². The van der Waals surface area contributed by atoms with E-state index >= 15 is 0 Å². The van der Waals surface area contributed by atoms with E-state index in [0.29, 0.717) is 63.1 Å². The summed E-state index contributed by atoms with van der Waals surface area (Å²) in [6, 6.07) is 8.65. The summed E-state index contributed by atoms with van der Waals surface area (Å²) in [6.45, 7) is 4.08. The van der Waals surface area contributed by atoms with Crippen molar-refractivity contribution in [2.75, 3.05) is 12.3 Å². The maximum atomic E-state index is 12.4. The number of hydrogen-bond acceptors (Lipinski definition) is 12. The molecule has 2 aliphatic heterocycles. The van der Waals surface area contributed by atoms with Gasteiger partial charge in [0.25, 0.3) is 0 Å². The number of rotatable bonds is 9. The van der Waals surface area contributed by atoms with Crippen molar-refractivity contribution in [1.29, 1.82) is 0 Å². The number of fused-ring (bicyclic) bond motifs is 3. The molecule has 2 atom stereocenters. The van der Waals surface area contributed by atoms with Crippen molar-refractivity contribution < 1.29 is 97.2 Å². The van der Waals surface area contributed by atoms with E-state index in [4.69, 9.17) is 4.99 Å². The van der Waals surface area contributed by atoms with Gasteiger partial charge in [-0.1, -0.05) is 6.07 Å². The van der Waals surface area contributed by atoms with Crippen LogP contribution in [0.25, 0.3) is 11.0 Å². The molecule has 2 aromatic carbocycles. The Morgan fingerprint density at radius 2 is 1.80 bits per heavy atom. The number of aliphatic imine (C=N–C) groups is 1. The number of hydrogen-bond donors (Lipinski definition) is 0. The number of imidazole rings is 1. The molecule has 5 rings (SSSR count). The molecule has 3 aromatic rings. The van der Waals surface area contributed by atoms with Crippen molar-refractivity contribution in [1.82, 2.24) is 14.0 Å². The largest absolute Gasteiger partial charge is 1.00 e. The van der Waals surface area contributed by atoms with Gasteiger partial charge in [0.15, 0.2) is 21.2 Å². The Balaban J connectivity index is 0.00000196. The van der Waals surface area contributed by atoms with E-state index in [2.05, 4.69) is 14.4 Å². The molecule has 1 fully saturated rings. The van der Waals surface area contributed by atoms with Gasteiger partial charge in [-0.05, 0) is 44.0 Å². The fourth-order valence-corrected chi connectivity index (χ4v) is 7.48. The Morgan fingerprint density at radius 3 is 2.39 bits per heavy atom. The van der Waals surface area contributed by atoms with E-state index in [1.165, 1.54) is 0 Å². The average Bonchev–Trinajstić information content (AvgIpc) is 3.28. The number of aryl methyl sites for hydroxylation is 3. The first kappa shape index (κ1) is 36.6. The maximum Gasteiger partial charge on any atom is 1.00 e. The summed E-state index contributed by atoms with van der Waals surface area (Å²) >= 11 is 0.647. The second-order valence-electron chi connectivity index (χ2n) is 9.24. The first-order valence-electron chi connectivity index (χ1n) is 11.5. The minimum atomic E-state index is -4.75. The van der Waals surface area contributed by atoms with Crippen molar-refractivity contribution in [3.8, 4) is 0 Å². The first-order valence-corrected chi connectivity index (χ1v) is 15.2. The van der Waals surface area contributed by atoms with Crippen LogP contribution < -0.4 is 66.3 Å². The van der Waals surface area contributed by atoms with Crippen LogP contribution in [0.4, 0.5) is 11.4 Å². The molecule has 41 heavy (non-hydrogen) atoms. The van der Waals surface area contributed by atoms with Crippen LogP contribution in [0.5, 0.6) is 0 Å². The van der Waals surface area contributed by atoms with Crippen molar-refractivity contribution in [2.24, 2.45) is 4.99 Å². The van der Waals surface area contributed by atoms with E-state index in [1.54, 1.807) is 41.8 Å². The standard InChI is InChI=1S/C22H24N4O9S3.3Li/c1-13-4-5-15(20(10-13)36-35-34-27)22-24-17-11-18-16(23-14(2)25(18)7-3-9-37(28,29)30)12-19(17)26(22)8-6-21(26)38(31,32)33;;;/h4-5,10-12,21H,3,6-9H2,1-2H3,(H2-,27,28,29,30,31,32,33);;;/q;3*+1/p-2. The Hall–Kier alpha value is -0.618. The third-order valence-electron chi connectivity index (χ3n) is 6.93. The quantitative estimate of drug-likeness (QED) is 0.0565. The molecule has 19 heteroatoms. The number of benzene rings is 2. The van der Waals surface area contributed by atoms with E-state index in [0.717, 1.165) is 5.56 Å². The van der Waals surface area contributed by atoms with Crippen LogP contribution in [0.3, 0.4) is 0 Å². The van der Waals surface area contributed by atoms with Crippen molar-refractivity contribution in [3.63, 3.8) is 0 Å². The Bertz CT molecular complexity index is 1700. The molecule has 13 nitrogen and oxygen atoms in total. The van der Waals surface area contributed by atoms with Gasteiger partial charge in [-0.2, -0.15) is 9.33 Å². The average molecular weight is 603 g/mol. The Labute approximate surface area is 277 Å². The molecule has 1 aromatic heterocycles. The second kappa shape index (κ2) is 13.6. The zero-order chi connectivity index (χ0) is 27.5. The zero-order valence-electron chi connectivity index (χ0n) is 23.2. The normalized spacial score (nSPS) is 19.5. The molecule has 3 heterocycles. The summed E-state index contributed by atoms with van der Waals surface area (Å²) < 4.78 is 76.3. The molecule has 0 aliphatic carbocycles. The van der Waals surface area contributed by atoms with Gasteiger partial charge in [-0.3, -0.25) is 5.04 Å². The monoisotopic (exact) mass is 603 g/mol. The fraction of sp³-hybridized carbons (Fsp3) is 0.364. The number of nitrogens with zero attached hydrogens (tertiary/aromatic N) is 4. The molecule has 0 bridgehead atoms. The molecule has 2 unspecified atom stereocenters. The van der Waals surface area contributed by atoms with Crippen LogP contribution in [0.2, 0.25) is 0 Å². The number of aromatic nitrogens is 2. The smallest absolute Gasteiger partial charge is 0.748 e. The topological polar surface area (TPSA) is 186 Å². The Kier molecular flexibility index (Phi) is 12.1.